The number of benzene rings is 2. The van der Waals surface area contributed by atoms with Gasteiger partial charge in [-0.25, -0.2) is 9.97 Å². The molecule has 0 radical (unpaired) electrons. The van der Waals surface area contributed by atoms with E-state index in [2.05, 4.69) is 60.8 Å². The van der Waals surface area contributed by atoms with Crippen molar-refractivity contribution < 1.29 is 4.79 Å². The predicted octanol–water partition coefficient (Wildman–Crippen LogP) is 3.60. The number of carbonyl (C=O) groups excluding carboxylic acids is 1. The number of fused-ring (bicyclic) bond motifs is 7. The van der Waals surface area contributed by atoms with Gasteiger partial charge in [0, 0.05) is 23.7 Å². The van der Waals surface area contributed by atoms with Gasteiger partial charge in [0.15, 0.2) is 5.82 Å². The molecule has 0 spiro atoms. The average molecular weight is 443 g/mol. The van der Waals surface area contributed by atoms with Gasteiger partial charge in [-0.1, -0.05) is 30.3 Å². The number of aromatic nitrogens is 3. The summed E-state index contributed by atoms with van der Waals surface area (Å²) in [5.41, 5.74) is 4.37. The smallest absolute Gasteiger partial charge is 0.230 e. The van der Waals surface area contributed by atoms with Crippen LogP contribution in [0.4, 0.5) is 11.6 Å². The van der Waals surface area contributed by atoms with Crippen LogP contribution in [0, 0.1) is 5.92 Å². The number of rotatable bonds is 0. The summed E-state index contributed by atoms with van der Waals surface area (Å²) in [7, 11) is 0. The summed E-state index contributed by atoms with van der Waals surface area (Å²) in [6.45, 7) is 3.71. The molecule has 7 heteroatoms. The molecule has 4 heterocycles. The second-order valence-corrected chi connectivity index (χ2v) is 8.92. The van der Waals surface area contributed by atoms with Crippen molar-refractivity contribution in [2.24, 2.45) is 5.92 Å². The fourth-order valence-electron chi connectivity index (χ4n) is 4.70. The molecule has 0 unspecified atom stereocenters. The Labute approximate surface area is 194 Å². The molecule has 1 aromatic heterocycles. The summed E-state index contributed by atoms with van der Waals surface area (Å²) in [6.07, 6.45) is 6.34. The Bertz CT molecular complexity index is 1110. The number of anilines is 2. The average Bonchev–Trinajstić information content (AvgIpc) is 2.85. The van der Waals surface area contributed by atoms with Crippen LogP contribution in [0.25, 0.3) is 11.4 Å². The Kier molecular flexibility index (Phi) is 6.58. The second-order valence-electron chi connectivity index (χ2n) is 8.92. The van der Waals surface area contributed by atoms with Crippen molar-refractivity contribution in [1.29, 1.82) is 0 Å². The Balaban J connectivity index is 1.40. The van der Waals surface area contributed by atoms with E-state index in [0.717, 1.165) is 68.6 Å². The van der Waals surface area contributed by atoms with Crippen LogP contribution in [0.1, 0.15) is 30.4 Å². The van der Waals surface area contributed by atoms with Crippen molar-refractivity contribution >= 4 is 17.5 Å². The van der Waals surface area contributed by atoms with Crippen LogP contribution in [0.3, 0.4) is 0 Å². The number of carbonyl (C=O) groups is 1. The fourth-order valence-corrected chi connectivity index (χ4v) is 4.70. The first-order chi connectivity index (χ1) is 16.2. The van der Waals surface area contributed by atoms with E-state index < -0.39 is 0 Å². The zero-order valence-corrected chi connectivity index (χ0v) is 18.8. The van der Waals surface area contributed by atoms with Crippen molar-refractivity contribution in [2.45, 2.75) is 32.1 Å². The Hall–Kier alpha value is -3.32. The van der Waals surface area contributed by atoms with Gasteiger partial charge in [0.25, 0.3) is 0 Å². The number of piperidine rings is 1. The maximum absolute atomic E-state index is 12.6. The first-order valence-electron chi connectivity index (χ1n) is 11.9. The molecule has 3 aromatic rings. The highest BCUT2D eigenvalue weighted by Crippen LogP contribution is 2.22. The molecule has 2 aromatic carbocycles. The molecule has 6 rings (SSSR count). The van der Waals surface area contributed by atoms with E-state index in [1.165, 1.54) is 5.56 Å². The van der Waals surface area contributed by atoms with Crippen LogP contribution in [-0.2, 0) is 17.6 Å². The van der Waals surface area contributed by atoms with E-state index in [1.54, 1.807) is 6.33 Å². The van der Waals surface area contributed by atoms with Gasteiger partial charge in [-0.2, -0.15) is 4.98 Å². The van der Waals surface area contributed by atoms with Gasteiger partial charge in [-0.05, 0) is 81.1 Å². The van der Waals surface area contributed by atoms with Crippen LogP contribution in [-0.4, -0.2) is 51.9 Å². The van der Waals surface area contributed by atoms with Crippen molar-refractivity contribution in [3.05, 3.63) is 66.0 Å². The number of nitrogens with one attached hydrogen (secondary N) is 2. The minimum Gasteiger partial charge on any atom is -0.356 e. The first kappa shape index (κ1) is 21.5. The molecule has 0 atom stereocenters. The molecule has 3 aliphatic rings. The standard InChI is InChI=1S/C26H30N6O/c33-25-21-10-14-32(15-11-21)13-3-6-19-4-1-7-22(16-19)24-28-18-29-26(31-24)30-23-8-2-5-20(17-23)9-12-27-25/h1-2,4-5,7-8,16-18,21H,3,6,9-15H2,(H,27,33)(H,28,29,30,31). The lowest BCUT2D eigenvalue weighted by molar-refractivity contribution is -0.126. The van der Waals surface area contributed by atoms with Gasteiger partial charge >= 0.3 is 0 Å². The molecule has 33 heavy (non-hydrogen) atoms. The van der Waals surface area contributed by atoms with Crippen molar-refractivity contribution in [3.63, 3.8) is 0 Å². The van der Waals surface area contributed by atoms with Gasteiger partial charge in [0.05, 0.1) is 0 Å². The number of aryl methyl sites for hydroxylation is 1. The highest BCUT2D eigenvalue weighted by molar-refractivity contribution is 5.78. The third-order valence-electron chi connectivity index (χ3n) is 6.55. The van der Waals surface area contributed by atoms with Crippen LogP contribution >= 0.6 is 0 Å². The predicted molar refractivity (Wildman–Crippen MR) is 129 cm³/mol. The van der Waals surface area contributed by atoms with Gasteiger partial charge in [0.2, 0.25) is 11.9 Å². The molecule has 1 saturated heterocycles. The molecule has 7 nitrogen and oxygen atoms in total. The molecule has 2 N–H and O–H groups in total. The van der Waals surface area contributed by atoms with E-state index in [-0.39, 0.29) is 11.8 Å². The van der Waals surface area contributed by atoms with E-state index >= 15 is 0 Å². The topological polar surface area (TPSA) is 83.0 Å². The molecular formula is C26H30N6O. The second kappa shape index (κ2) is 10.1. The number of amides is 1. The van der Waals surface area contributed by atoms with Crippen LogP contribution in [0.15, 0.2) is 54.9 Å². The highest BCUT2D eigenvalue weighted by atomic mass is 16.1. The Morgan fingerprint density at radius 3 is 2.61 bits per heavy atom. The molecule has 0 aliphatic carbocycles. The normalized spacial score (nSPS) is 21.4. The fraction of sp³-hybridized carbons (Fsp3) is 0.385. The van der Waals surface area contributed by atoms with Crippen molar-refractivity contribution in [1.82, 2.24) is 25.2 Å². The molecule has 8 bridgehead atoms. The third-order valence-corrected chi connectivity index (χ3v) is 6.55. The van der Waals surface area contributed by atoms with Gasteiger partial charge in [0.1, 0.15) is 6.33 Å². The molecule has 170 valence electrons. The van der Waals surface area contributed by atoms with E-state index in [0.29, 0.717) is 18.3 Å². The van der Waals surface area contributed by atoms with Crippen molar-refractivity contribution in [3.8, 4) is 11.4 Å². The minimum absolute atomic E-state index is 0.135. The molecule has 3 aliphatic heterocycles. The number of nitrogens with zero attached hydrogens (tertiary/aromatic N) is 4. The summed E-state index contributed by atoms with van der Waals surface area (Å²) >= 11 is 0. The quantitative estimate of drug-likeness (QED) is 0.554. The van der Waals surface area contributed by atoms with Crippen LogP contribution in [0.2, 0.25) is 0 Å². The Morgan fingerprint density at radius 1 is 0.909 bits per heavy atom. The first-order valence-corrected chi connectivity index (χ1v) is 11.9. The van der Waals surface area contributed by atoms with Crippen molar-refractivity contribution in [2.75, 3.05) is 31.5 Å². The lowest BCUT2D eigenvalue weighted by Gasteiger charge is -2.31. The van der Waals surface area contributed by atoms with Gasteiger partial charge in [-0.15, -0.1) is 0 Å². The summed E-state index contributed by atoms with van der Waals surface area (Å²) < 4.78 is 0. The summed E-state index contributed by atoms with van der Waals surface area (Å²) in [5.74, 6) is 1.52. The van der Waals surface area contributed by atoms with E-state index in [9.17, 15) is 4.79 Å². The summed E-state index contributed by atoms with van der Waals surface area (Å²) in [5, 5.41) is 6.44. The minimum atomic E-state index is 0.135. The molecule has 1 fully saturated rings. The van der Waals surface area contributed by atoms with E-state index in [1.807, 2.05) is 18.2 Å². The maximum atomic E-state index is 12.6. The van der Waals surface area contributed by atoms with Gasteiger partial charge < -0.3 is 15.5 Å². The van der Waals surface area contributed by atoms with E-state index in [4.69, 9.17) is 0 Å². The zero-order valence-electron chi connectivity index (χ0n) is 18.8. The summed E-state index contributed by atoms with van der Waals surface area (Å²) in [6, 6.07) is 16.6. The lowest BCUT2D eigenvalue weighted by Crippen LogP contribution is -2.41. The third kappa shape index (κ3) is 5.54. The largest absolute Gasteiger partial charge is 0.356 e. The number of hydrogen-bond acceptors (Lipinski definition) is 6. The Morgan fingerprint density at radius 2 is 1.73 bits per heavy atom. The highest BCUT2D eigenvalue weighted by Gasteiger charge is 2.24. The number of hydrogen-bond donors (Lipinski definition) is 2. The monoisotopic (exact) mass is 442 g/mol. The summed E-state index contributed by atoms with van der Waals surface area (Å²) in [4.78, 5) is 28.5. The lowest BCUT2D eigenvalue weighted by atomic mass is 9.95. The SMILES string of the molecule is O=C1NCCc2cccc(c2)Nc2ncnc(n2)-c2cccc(c2)CCCN2CCC1CC2. The molecular weight excluding hydrogens is 412 g/mol. The molecule has 0 saturated carbocycles. The van der Waals surface area contributed by atoms with Gasteiger partial charge in [-0.3, -0.25) is 4.79 Å². The van der Waals surface area contributed by atoms with Crippen LogP contribution < -0.4 is 10.6 Å². The van der Waals surface area contributed by atoms with Crippen LogP contribution in [0.5, 0.6) is 0 Å². The molecule has 1 amide bonds. The zero-order chi connectivity index (χ0) is 22.5. The maximum Gasteiger partial charge on any atom is 0.230 e.